The number of carbonyl (C=O) groups excluding carboxylic acids is 1. The van der Waals surface area contributed by atoms with E-state index < -0.39 is 0 Å². The zero-order valence-corrected chi connectivity index (χ0v) is 13.9. The largest absolute Gasteiger partial charge is 0.491 e. The zero-order chi connectivity index (χ0) is 17.5. The number of para-hydroxylation sites is 1. The van der Waals surface area contributed by atoms with E-state index >= 15 is 0 Å². The molecule has 0 heterocycles. The van der Waals surface area contributed by atoms with Crippen LogP contribution in [0.5, 0.6) is 5.75 Å². The van der Waals surface area contributed by atoms with Gasteiger partial charge in [0.05, 0.1) is 13.0 Å². The predicted molar refractivity (Wildman–Crippen MR) is 98.5 cm³/mol. The Morgan fingerprint density at radius 1 is 0.960 bits per heavy atom. The fraction of sp³-hybridized carbons (Fsp3) is 0.190. The van der Waals surface area contributed by atoms with Crippen molar-refractivity contribution in [1.29, 1.82) is 0 Å². The number of carbonyl (C=O) groups is 1. The minimum Gasteiger partial charge on any atom is -0.491 e. The molecule has 25 heavy (non-hydrogen) atoms. The maximum Gasteiger partial charge on any atom is 0.224 e. The number of ether oxygens (including phenoxy) is 1. The van der Waals surface area contributed by atoms with Crippen LogP contribution in [-0.4, -0.2) is 24.2 Å². The summed E-state index contributed by atoms with van der Waals surface area (Å²) >= 11 is 0. The third-order valence-corrected chi connectivity index (χ3v) is 3.98. The second-order valence-electron chi connectivity index (χ2n) is 5.81. The van der Waals surface area contributed by atoms with Crippen molar-refractivity contribution in [3.05, 3.63) is 77.9 Å². The van der Waals surface area contributed by atoms with Gasteiger partial charge in [0.2, 0.25) is 5.91 Å². The third-order valence-electron chi connectivity index (χ3n) is 3.98. The first-order valence-electron chi connectivity index (χ1n) is 8.32. The number of rotatable bonds is 7. The van der Waals surface area contributed by atoms with Crippen LogP contribution in [0.25, 0.3) is 10.8 Å². The highest BCUT2D eigenvalue weighted by molar-refractivity contribution is 5.85. The Balaban J connectivity index is 1.61. The van der Waals surface area contributed by atoms with Gasteiger partial charge in [-0.15, -0.1) is 0 Å². The number of benzene rings is 3. The molecule has 1 amide bonds. The van der Waals surface area contributed by atoms with Gasteiger partial charge in [-0.2, -0.15) is 0 Å². The van der Waals surface area contributed by atoms with E-state index in [1.54, 1.807) is 0 Å². The maximum atomic E-state index is 12.3. The summed E-state index contributed by atoms with van der Waals surface area (Å²) in [7, 11) is 0. The van der Waals surface area contributed by atoms with Crippen molar-refractivity contribution in [1.82, 2.24) is 5.32 Å². The first-order chi connectivity index (χ1) is 12.3. The topological polar surface area (TPSA) is 58.6 Å². The molecule has 0 spiro atoms. The van der Waals surface area contributed by atoms with Gasteiger partial charge >= 0.3 is 0 Å². The Morgan fingerprint density at radius 3 is 2.56 bits per heavy atom. The van der Waals surface area contributed by atoms with Crippen LogP contribution in [0, 0.1) is 0 Å². The lowest BCUT2D eigenvalue weighted by atomic mass is 10.0. The van der Waals surface area contributed by atoms with E-state index in [1.165, 1.54) is 5.39 Å². The van der Waals surface area contributed by atoms with Gasteiger partial charge in [-0.1, -0.05) is 60.7 Å². The van der Waals surface area contributed by atoms with E-state index in [2.05, 4.69) is 11.4 Å². The Morgan fingerprint density at radius 2 is 1.72 bits per heavy atom. The van der Waals surface area contributed by atoms with E-state index in [-0.39, 0.29) is 19.1 Å². The highest BCUT2D eigenvalue weighted by atomic mass is 16.5. The molecule has 2 N–H and O–H groups in total. The summed E-state index contributed by atoms with van der Waals surface area (Å²) in [5, 5.41) is 14.1. The lowest BCUT2D eigenvalue weighted by Crippen LogP contribution is -2.24. The smallest absolute Gasteiger partial charge is 0.224 e. The van der Waals surface area contributed by atoms with Gasteiger partial charge in [0, 0.05) is 12.1 Å². The average molecular weight is 335 g/mol. The molecule has 0 aliphatic carbocycles. The molecule has 0 aliphatic heterocycles. The third kappa shape index (κ3) is 4.58. The van der Waals surface area contributed by atoms with Crippen LogP contribution in [0.3, 0.4) is 0 Å². The minimum absolute atomic E-state index is 0.0350. The molecule has 3 rings (SSSR count). The quantitative estimate of drug-likeness (QED) is 0.698. The van der Waals surface area contributed by atoms with Gasteiger partial charge in [0.1, 0.15) is 12.4 Å². The molecule has 3 aromatic rings. The van der Waals surface area contributed by atoms with Crippen LogP contribution in [0.1, 0.15) is 11.1 Å². The van der Waals surface area contributed by atoms with Crippen molar-refractivity contribution in [2.75, 3.05) is 13.2 Å². The second-order valence-corrected chi connectivity index (χ2v) is 5.81. The summed E-state index contributed by atoms with van der Waals surface area (Å²) in [6.07, 6.45) is 0.338. The van der Waals surface area contributed by atoms with E-state index in [1.807, 2.05) is 60.7 Å². The normalized spacial score (nSPS) is 10.6. The van der Waals surface area contributed by atoms with E-state index in [4.69, 9.17) is 9.84 Å². The molecule has 0 aliphatic rings. The summed E-state index contributed by atoms with van der Waals surface area (Å²) in [4.78, 5) is 12.3. The van der Waals surface area contributed by atoms with Crippen molar-refractivity contribution < 1.29 is 14.6 Å². The molecule has 128 valence electrons. The molecule has 4 heteroatoms. The number of hydrogen-bond acceptors (Lipinski definition) is 3. The molecule has 0 bridgehead atoms. The van der Waals surface area contributed by atoms with Crippen LogP contribution in [-0.2, 0) is 17.8 Å². The monoisotopic (exact) mass is 335 g/mol. The molecule has 0 aromatic heterocycles. The van der Waals surface area contributed by atoms with Crippen molar-refractivity contribution in [2.24, 2.45) is 0 Å². The number of aliphatic hydroxyl groups excluding tert-OH is 1. The van der Waals surface area contributed by atoms with Crippen LogP contribution in [0.2, 0.25) is 0 Å². The standard InChI is InChI=1S/C21H21NO3/c23-11-12-25-20-8-4-3-7-19(20)15-22-21(24)14-16-9-10-17-5-1-2-6-18(17)13-16/h1-10,13,23H,11-12,14-15H2,(H,22,24). The summed E-state index contributed by atoms with van der Waals surface area (Å²) in [5.74, 6) is 0.648. The lowest BCUT2D eigenvalue weighted by molar-refractivity contribution is -0.120. The predicted octanol–water partition coefficient (Wildman–Crippen LogP) is 3.07. The molecule has 0 unspecified atom stereocenters. The Bertz CT molecular complexity index is 860. The molecule has 0 atom stereocenters. The molecular weight excluding hydrogens is 314 g/mol. The fourth-order valence-corrected chi connectivity index (χ4v) is 2.74. The van der Waals surface area contributed by atoms with Gasteiger partial charge in [-0.3, -0.25) is 4.79 Å². The number of aliphatic hydroxyl groups is 1. The minimum atomic E-state index is -0.0390. The molecule has 0 fully saturated rings. The second kappa shape index (κ2) is 8.31. The highest BCUT2D eigenvalue weighted by Gasteiger charge is 2.07. The van der Waals surface area contributed by atoms with Crippen LogP contribution < -0.4 is 10.1 Å². The molecule has 0 saturated carbocycles. The van der Waals surface area contributed by atoms with E-state index in [0.29, 0.717) is 18.7 Å². The van der Waals surface area contributed by atoms with Crippen molar-refractivity contribution >= 4 is 16.7 Å². The fourth-order valence-electron chi connectivity index (χ4n) is 2.74. The lowest BCUT2D eigenvalue weighted by Gasteiger charge is -2.11. The maximum absolute atomic E-state index is 12.3. The molecular formula is C21H21NO3. The van der Waals surface area contributed by atoms with Gasteiger partial charge < -0.3 is 15.2 Å². The van der Waals surface area contributed by atoms with Crippen LogP contribution in [0.4, 0.5) is 0 Å². The molecule has 4 nitrogen and oxygen atoms in total. The number of hydrogen-bond donors (Lipinski definition) is 2. The number of amides is 1. The Kier molecular flexibility index (Phi) is 5.65. The van der Waals surface area contributed by atoms with E-state index in [9.17, 15) is 4.79 Å². The van der Waals surface area contributed by atoms with Gasteiger partial charge in [-0.25, -0.2) is 0 Å². The zero-order valence-electron chi connectivity index (χ0n) is 13.9. The summed E-state index contributed by atoms with van der Waals surface area (Å²) in [6, 6.07) is 21.7. The van der Waals surface area contributed by atoms with Crippen molar-refractivity contribution in [3.8, 4) is 5.75 Å². The number of nitrogens with one attached hydrogen (secondary N) is 1. The summed E-state index contributed by atoms with van der Waals surface area (Å²) in [6.45, 7) is 0.596. The Labute approximate surface area is 147 Å². The van der Waals surface area contributed by atoms with Crippen molar-refractivity contribution in [2.45, 2.75) is 13.0 Å². The van der Waals surface area contributed by atoms with Gasteiger partial charge in [0.25, 0.3) is 0 Å². The van der Waals surface area contributed by atoms with Crippen molar-refractivity contribution in [3.63, 3.8) is 0 Å². The number of fused-ring (bicyclic) bond motifs is 1. The molecule has 3 aromatic carbocycles. The van der Waals surface area contributed by atoms with Gasteiger partial charge in [-0.05, 0) is 22.4 Å². The van der Waals surface area contributed by atoms with Gasteiger partial charge in [0.15, 0.2) is 0 Å². The summed E-state index contributed by atoms with van der Waals surface area (Å²) in [5.41, 5.74) is 1.88. The molecule has 0 saturated heterocycles. The summed E-state index contributed by atoms with van der Waals surface area (Å²) < 4.78 is 5.48. The first-order valence-corrected chi connectivity index (χ1v) is 8.32. The average Bonchev–Trinajstić information content (AvgIpc) is 2.65. The first kappa shape index (κ1) is 17.0. The Hall–Kier alpha value is -2.85. The van der Waals surface area contributed by atoms with Crippen LogP contribution in [0.15, 0.2) is 66.7 Å². The van der Waals surface area contributed by atoms with Crippen LogP contribution >= 0.6 is 0 Å². The molecule has 0 radical (unpaired) electrons. The van der Waals surface area contributed by atoms with E-state index in [0.717, 1.165) is 16.5 Å². The highest BCUT2D eigenvalue weighted by Crippen LogP contribution is 2.18. The SMILES string of the molecule is O=C(Cc1ccc2ccccc2c1)NCc1ccccc1OCCO.